The summed E-state index contributed by atoms with van der Waals surface area (Å²) in [6.45, 7) is 0.256. The van der Waals surface area contributed by atoms with Gasteiger partial charge in [0.05, 0.1) is 16.1 Å². The van der Waals surface area contributed by atoms with Crippen molar-refractivity contribution in [2.45, 2.75) is 6.54 Å². The van der Waals surface area contributed by atoms with E-state index in [0.717, 1.165) is 10.6 Å². The van der Waals surface area contributed by atoms with Gasteiger partial charge in [0.15, 0.2) is 0 Å². The molecular formula is C8H9N3OS. The van der Waals surface area contributed by atoms with Crippen LogP contribution >= 0.6 is 11.3 Å². The van der Waals surface area contributed by atoms with E-state index in [-0.39, 0.29) is 12.1 Å². The smallest absolute Gasteiger partial charge is 0.269 e. The van der Waals surface area contributed by atoms with E-state index in [2.05, 4.69) is 10.2 Å². The fraction of sp³-hybridized carbons (Fsp3) is 0.125. The molecule has 0 aliphatic heterocycles. The van der Waals surface area contributed by atoms with Gasteiger partial charge < -0.3 is 5.73 Å². The Morgan fingerprint density at radius 2 is 2.31 bits per heavy atom. The minimum Gasteiger partial charge on any atom is -0.326 e. The van der Waals surface area contributed by atoms with Crippen LogP contribution in [0, 0.1) is 0 Å². The van der Waals surface area contributed by atoms with Crippen molar-refractivity contribution in [2.24, 2.45) is 5.73 Å². The summed E-state index contributed by atoms with van der Waals surface area (Å²) in [5, 5.41) is 7.30. The summed E-state index contributed by atoms with van der Waals surface area (Å²) in [5.41, 5.74) is 6.75. The highest BCUT2D eigenvalue weighted by molar-refractivity contribution is 7.13. The first-order valence-corrected chi connectivity index (χ1v) is 4.74. The van der Waals surface area contributed by atoms with Gasteiger partial charge in [-0.05, 0) is 11.4 Å². The first kappa shape index (κ1) is 8.28. The molecule has 68 valence electrons. The fourth-order valence-electron chi connectivity index (χ4n) is 1.21. The van der Waals surface area contributed by atoms with Gasteiger partial charge >= 0.3 is 0 Å². The summed E-state index contributed by atoms with van der Waals surface area (Å²) in [6, 6.07) is 3.88. The molecule has 0 radical (unpaired) electrons. The number of thiophene rings is 1. The third-order valence-electron chi connectivity index (χ3n) is 1.85. The Balaban J connectivity index is 2.58. The van der Waals surface area contributed by atoms with Gasteiger partial charge in [0.2, 0.25) is 0 Å². The summed E-state index contributed by atoms with van der Waals surface area (Å²) in [7, 11) is 0. The predicted molar refractivity (Wildman–Crippen MR) is 52.6 cm³/mol. The zero-order valence-corrected chi connectivity index (χ0v) is 7.65. The maximum absolute atomic E-state index is 11.2. The van der Waals surface area contributed by atoms with Crippen LogP contribution in [0.1, 0.15) is 5.56 Å². The number of H-pyrrole nitrogens is 2. The first-order chi connectivity index (χ1) is 6.33. The van der Waals surface area contributed by atoms with Crippen molar-refractivity contribution in [2.75, 3.05) is 0 Å². The van der Waals surface area contributed by atoms with E-state index < -0.39 is 0 Å². The lowest BCUT2D eigenvalue weighted by atomic mass is 10.2. The first-order valence-electron chi connectivity index (χ1n) is 3.86. The van der Waals surface area contributed by atoms with Crippen LogP contribution in [0.3, 0.4) is 0 Å². The Labute approximate surface area is 78.4 Å². The molecule has 13 heavy (non-hydrogen) atoms. The molecule has 0 atom stereocenters. The minimum absolute atomic E-state index is 0.133. The topological polar surface area (TPSA) is 74.7 Å². The van der Waals surface area contributed by atoms with Gasteiger partial charge in [0.25, 0.3) is 5.56 Å². The van der Waals surface area contributed by atoms with Gasteiger partial charge in [0, 0.05) is 6.54 Å². The molecule has 0 aliphatic rings. The second-order valence-electron chi connectivity index (χ2n) is 2.61. The molecule has 0 bridgehead atoms. The summed E-state index contributed by atoms with van der Waals surface area (Å²) >= 11 is 1.57. The average Bonchev–Trinajstić information content (AvgIpc) is 2.71. The van der Waals surface area contributed by atoms with Crippen LogP contribution in [0.2, 0.25) is 0 Å². The normalized spacial score (nSPS) is 10.5. The molecule has 0 fully saturated rings. The third-order valence-corrected chi connectivity index (χ3v) is 2.74. The molecule has 0 saturated carbocycles. The van der Waals surface area contributed by atoms with E-state index >= 15 is 0 Å². The van der Waals surface area contributed by atoms with Gasteiger partial charge in [-0.25, -0.2) is 0 Å². The van der Waals surface area contributed by atoms with Crippen molar-refractivity contribution in [1.29, 1.82) is 0 Å². The summed E-state index contributed by atoms with van der Waals surface area (Å²) in [6.07, 6.45) is 0. The second-order valence-corrected chi connectivity index (χ2v) is 3.56. The molecule has 2 aromatic rings. The van der Waals surface area contributed by atoms with Crippen molar-refractivity contribution in [3.8, 4) is 10.6 Å². The van der Waals surface area contributed by atoms with Crippen LogP contribution in [0.5, 0.6) is 0 Å². The van der Waals surface area contributed by atoms with Gasteiger partial charge in [-0.3, -0.25) is 15.0 Å². The summed E-state index contributed by atoms with van der Waals surface area (Å²) < 4.78 is 0. The van der Waals surface area contributed by atoms with Crippen molar-refractivity contribution in [3.63, 3.8) is 0 Å². The molecule has 0 aliphatic carbocycles. The molecule has 0 spiro atoms. The SMILES string of the molecule is NCc1c(-c2cccs2)[nH][nH]c1=O. The Morgan fingerprint density at radius 1 is 1.46 bits per heavy atom. The number of rotatable bonds is 2. The Kier molecular flexibility index (Phi) is 2.03. The highest BCUT2D eigenvalue weighted by Crippen LogP contribution is 2.23. The Morgan fingerprint density at radius 3 is 2.92 bits per heavy atom. The highest BCUT2D eigenvalue weighted by atomic mass is 32.1. The quantitative estimate of drug-likeness (QED) is 0.665. The van der Waals surface area contributed by atoms with Crippen molar-refractivity contribution < 1.29 is 0 Å². The molecule has 2 aromatic heterocycles. The van der Waals surface area contributed by atoms with Gasteiger partial charge in [-0.2, -0.15) is 0 Å². The summed E-state index contributed by atoms with van der Waals surface area (Å²) in [5.74, 6) is 0. The molecule has 0 saturated heterocycles. The van der Waals surface area contributed by atoms with E-state index in [9.17, 15) is 4.79 Å². The number of hydrogen-bond donors (Lipinski definition) is 3. The predicted octanol–water partition coefficient (Wildman–Crippen LogP) is 0.890. The number of nitrogens with one attached hydrogen (secondary N) is 2. The van der Waals surface area contributed by atoms with E-state index in [1.165, 1.54) is 0 Å². The molecular weight excluding hydrogens is 186 g/mol. The molecule has 5 heteroatoms. The average molecular weight is 195 g/mol. The molecule has 0 amide bonds. The van der Waals surface area contributed by atoms with Crippen LogP contribution in [-0.4, -0.2) is 10.2 Å². The second kappa shape index (κ2) is 3.20. The lowest BCUT2D eigenvalue weighted by molar-refractivity contribution is 1.04. The van der Waals surface area contributed by atoms with Crippen LogP contribution in [0.25, 0.3) is 10.6 Å². The molecule has 0 unspecified atom stereocenters. The van der Waals surface area contributed by atoms with Crippen molar-refractivity contribution in [1.82, 2.24) is 10.2 Å². The van der Waals surface area contributed by atoms with Crippen LogP contribution in [0.15, 0.2) is 22.3 Å². The van der Waals surface area contributed by atoms with Gasteiger partial charge in [-0.15, -0.1) is 11.3 Å². The number of nitrogens with two attached hydrogens (primary N) is 1. The number of hydrogen-bond acceptors (Lipinski definition) is 3. The zero-order valence-electron chi connectivity index (χ0n) is 6.83. The van der Waals surface area contributed by atoms with Gasteiger partial charge in [-0.1, -0.05) is 6.07 Å². The lowest BCUT2D eigenvalue weighted by Gasteiger charge is -1.94. The minimum atomic E-state index is -0.133. The lowest BCUT2D eigenvalue weighted by Crippen LogP contribution is -2.10. The number of aromatic nitrogens is 2. The molecule has 4 nitrogen and oxygen atoms in total. The zero-order chi connectivity index (χ0) is 9.26. The maximum atomic E-state index is 11.2. The van der Waals surface area contributed by atoms with E-state index in [0.29, 0.717) is 5.56 Å². The standard InChI is InChI=1S/C8H9N3OS/c9-4-5-7(10-11-8(5)12)6-2-1-3-13-6/h1-3H,4,9H2,(H2,10,11,12). The largest absolute Gasteiger partial charge is 0.326 e. The van der Waals surface area contributed by atoms with E-state index in [1.54, 1.807) is 11.3 Å². The van der Waals surface area contributed by atoms with Crippen molar-refractivity contribution >= 4 is 11.3 Å². The molecule has 2 rings (SSSR count). The molecule has 2 heterocycles. The van der Waals surface area contributed by atoms with Gasteiger partial charge in [0.1, 0.15) is 0 Å². The van der Waals surface area contributed by atoms with E-state index in [1.807, 2.05) is 17.5 Å². The van der Waals surface area contributed by atoms with E-state index in [4.69, 9.17) is 5.73 Å². The maximum Gasteiger partial charge on any atom is 0.269 e. The fourth-order valence-corrected chi connectivity index (χ4v) is 1.96. The third kappa shape index (κ3) is 1.32. The van der Waals surface area contributed by atoms with Crippen LogP contribution in [0.4, 0.5) is 0 Å². The number of aromatic amines is 2. The molecule has 0 aromatic carbocycles. The van der Waals surface area contributed by atoms with Crippen LogP contribution < -0.4 is 11.3 Å². The molecule has 4 N–H and O–H groups in total. The highest BCUT2D eigenvalue weighted by Gasteiger charge is 2.09. The van der Waals surface area contributed by atoms with Crippen LogP contribution in [-0.2, 0) is 6.54 Å². The van der Waals surface area contributed by atoms with Crippen molar-refractivity contribution in [3.05, 3.63) is 33.4 Å². The monoisotopic (exact) mass is 195 g/mol. The Bertz CT molecular complexity index is 440. The summed E-state index contributed by atoms with van der Waals surface area (Å²) in [4.78, 5) is 12.2. The Hall–Kier alpha value is -1.33.